The van der Waals surface area contributed by atoms with Crippen LogP contribution in [0.1, 0.15) is 30.9 Å². The molecule has 0 unspecified atom stereocenters. The molecular formula is C26H29NO5S. The van der Waals surface area contributed by atoms with Crippen molar-refractivity contribution in [3.8, 4) is 11.5 Å². The second-order valence-electron chi connectivity index (χ2n) is 7.71. The highest BCUT2D eigenvalue weighted by Gasteiger charge is 2.31. The van der Waals surface area contributed by atoms with E-state index in [9.17, 15) is 13.2 Å². The van der Waals surface area contributed by atoms with Gasteiger partial charge in [-0.15, -0.1) is 0 Å². The molecule has 1 amide bonds. The molecule has 3 rings (SSSR count). The van der Waals surface area contributed by atoms with E-state index in [1.54, 1.807) is 48.5 Å². The van der Waals surface area contributed by atoms with Crippen LogP contribution in [0.25, 0.3) is 0 Å². The summed E-state index contributed by atoms with van der Waals surface area (Å²) in [7, 11) is -2.61. The van der Waals surface area contributed by atoms with Gasteiger partial charge in [0.25, 0.3) is 15.9 Å². The molecule has 0 bridgehead atoms. The second-order valence-corrected chi connectivity index (χ2v) is 9.50. The molecule has 7 heteroatoms. The molecule has 0 fully saturated rings. The van der Waals surface area contributed by atoms with E-state index in [4.69, 9.17) is 9.47 Å². The van der Waals surface area contributed by atoms with Crippen LogP contribution in [0.2, 0.25) is 0 Å². The maximum Gasteiger partial charge on any atom is 0.278 e. The normalized spacial score (nSPS) is 11.1. The zero-order valence-corrected chi connectivity index (χ0v) is 20.0. The Morgan fingerprint density at radius 3 is 2.24 bits per heavy atom. The molecule has 0 heterocycles. The van der Waals surface area contributed by atoms with Crippen molar-refractivity contribution in [2.75, 3.05) is 18.0 Å². The van der Waals surface area contributed by atoms with Crippen molar-refractivity contribution in [3.63, 3.8) is 0 Å². The Kier molecular flexibility index (Phi) is 8.11. The predicted molar refractivity (Wildman–Crippen MR) is 129 cm³/mol. The van der Waals surface area contributed by atoms with Crippen molar-refractivity contribution < 1.29 is 22.7 Å². The van der Waals surface area contributed by atoms with Crippen LogP contribution in [-0.2, 0) is 21.2 Å². The van der Waals surface area contributed by atoms with E-state index in [1.165, 1.54) is 19.2 Å². The largest absolute Gasteiger partial charge is 0.497 e. The highest BCUT2D eigenvalue weighted by atomic mass is 32.2. The molecule has 6 nitrogen and oxygen atoms in total. The van der Waals surface area contributed by atoms with Crippen molar-refractivity contribution in [2.24, 2.45) is 0 Å². The van der Waals surface area contributed by atoms with Crippen LogP contribution in [0.4, 0.5) is 5.69 Å². The SMILES string of the molecule is CCCCc1ccc(N(C(=O)COc2cccc(OC)c2)S(=O)(=O)c2ccc(C)cc2)cc1. The highest BCUT2D eigenvalue weighted by molar-refractivity contribution is 7.93. The monoisotopic (exact) mass is 467 g/mol. The second kappa shape index (κ2) is 11.0. The number of aryl methyl sites for hydroxylation is 2. The molecule has 0 saturated carbocycles. The number of hydrogen-bond acceptors (Lipinski definition) is 5. The number of unbranched alkanes of at least 4 members (excludes halogenated alkanes) is 1. The number of carbonyl (C=O) groups is 1. The summed E-state index contributed by atoms with van der Waals surface area (Å²) in [6.07, 6.45) is 3.00. The third-order valence-electron chi connectivity index (χ3n) is 5.18. The van der Waals surface area contributed by atoms with E-state index in [2.05, 4.69) is 6.92 Å². The van der Waals surface area contributed by atoms with Gasteiger partial charge in [0.2, 0.25) is 0 Å². The van der Waals surface area contributed by atoms with Gasteiger partial charge in [0.1, 0.15) is 11.5 Å². The third-order valence-corrected chi connectivity index (χ3v) is 6.94. The first-order chi connectivity index (χ1) is 15.8. The number of amides is 1. The molecule has 0 saturated heterocycles. The molecule has 0 N–H and O–H groups in total. The molecule has 0 radical (unpaired) electrons. The first-order valence-corrected chi connectivity index (χ1v) is 12.3. The molecule has 0 aliphatic carbocycles. The van der Waals surface area contributed by atoms with E-state index in [1.807, 2.05) is 19.1 Å². The van der Waals surface area contributed by atoms with Gasteiger partial charge in [-0.05, 0) is 61.7 Å². The van der Waals surface area contributed by atoms with Gasteiger partial charge in [0.05, 0.1) is 17.7 Å². The molecular weight excluding hydrogens is 438 g/mol. The lowest BCUT2D eigenvalue weighted by molar-refractivity contribution is -0.119. The van der Waals surface area contributed by atoms with Crippen LogP contribution in [0, 0.1) is 6.92 Å². The maximum atomic E-state index is 13.5. The fourth-order valence-corrected chi connectivity index (χ4v) is 4.72. The number of nitrogens with zero attached hydrogens (tertiary/aromatic N) is 1. The third kappa shape index (κ3) is 6.14. The fourth-order valence-electron chi connectivity index (χ4n) is 3.31. The van der Waals surface area contributed by atoms with Crippen molar-refractivity contribution in [1.82, 2.24) is 0 Å². The summed E-state index contributed by atoms with van der Waals surface area (Å²) in [5, 5.41) is 0. The van der Waals surface area contributed by atoms with Crippen LogP contribution < -0.4 is 13.8 Å². The van der Waals surface area contributed by atoms with Crippen LogP contribution >= 0.6 is 0 Å². The molecule has 0 aliphatic rings. The molecule has 0 aromatic heterocycles. The van der Waals surface area contributed by atoms with Gasteiger partial charge in [-0.25, -0.2) is 8.42 Å². The summed E-state index contributed by atoms with van der Waals surface area (Å²) in [5.74, 6) is 0.289. The number of hydrogen-bond donors (Lipinski definition) is 0. The average Bonchev–Trinajstić information content (AvgIpc) is 2.82. The van der Waals surface area contributed by atoms with Crippen molar-refractivity contribution in [2.45, 2.75) is 38.0 Å². The number of methoxy groups -OCH3 is 1. The quantitative estimate of drug-likeness (QED) is 0.412. The zero-order valence-electron chi connectivity index (χ0n) is 19.2. The molecule has 0 aliphatic heterocycles. The zero-order chi connectivity index (χ0) is 23.8. The number of carbonyl (C=O) groups excluding carboxylic acids is 1. The van der Waals surface area contributed by atoms with Gasteiger partial charge in [0, 0.05) is 6.07 Å². The lowest BCUT2D eigenvalue weighted by Gasteiger charge is -2.23. The minimum absolute atomic E-state index is 0.0397. The lowest BCUT2D eigenvalue weighted by atomic mass is 10.1. The Bertz CT molecular complexity index is 1170. The fraction of sp³-hybridized carbons (Fsp3) is 0.269. The van der Waals surface area contributed by atoms with Crippen LogP contribution in [0.5, 0.6) is 11.5 Å². The summed E-state index contributed by atoms with van der Waals surface area (Å²) in [6, 6.07) is 20.3. The lowest BCUT2D eigenvalue weighted by Crippen LogP contribution is -2.40. The Morgan fingerprint density at radius 2 is 1.61 bits per heavy atom. The Hall–Kier alpha value is -3.32. The summed E-state index contributed by atoms with van der Waals surface area (Å²) >= 11 is 0. The summed E-state index contributed by atoms with van der Waals surface area (Å²) in [5.41, 5.74) is 2.29. The topological polar surface area (TPSA) is 72.9 Å². The standard InChI is InChI=1S/C26H29NO5S/c1-4-5-7-21-12-14-22(15-13-21)27(33(29,30)25-16-10-20(2)11-17-25)26(28)19-32-24-9-6-8-23(18-24)31-3/h6,8-18H,4-5,7,19H2,1-3H3. The van der Waals surface area contributed by atoms with E-state index in [-0.39, 0.29) is 10.6 Å². The number of anilines is 1. The van der Waals surface area contributed by atoms with Crippen LogP contribution in [-0.4, -0.2) is 28.0 Å². The number of sulfonamides is 1. The molecule has 174 valence electrons. The van der Waals surface area contributed by atoms with Gasteiger partial charge in [0.15, 0.2) is 6.61 Å². The Labute approximate surface area is 195 Å². The number of benzene rings is 3. The first kappa shape index (κ1) is 24.3. The van der Waals surface area contributed by atoms with Gasteiger partial charge >= 0.3 is 0 Å². The maximum absolute atomic E-state index is 13.5. The van der Waals surface area contributed by atoms with E-state index < -0.39 is 22.5 Å². The van der Waals surface area contributed by atoms with E-state index in [0.717, 1.165) is 34.7 Å². The van der Waals surface area contributed by atoms with Gasteiger partial charge in [-0.3, -0.25) is 4.79 Å². The number of rotatable bonds is 10. The molecule has 0 atom stereocenters. The smallest absolute Gasteiger partial charge is 0.278 e. The van der Waals surface area contributed by atoms with Gasteiger partial charge < -0.3 is 9.47 Å². The molecule has 3 aromatic rings. The van der Waals surface area contributed by atoms with Crippen molar-refractivity contribution in [1.29, 1.82) is 0 Å². The van der Waals surface area contributed by atoms with E-state index in [0.29, 0.717) is 11.5 Å². The Morgan fingerprint density at radius 1 is 0.939 bits per heavy atom. The molecule has 3 aromatic carbocycles. The highest BCUT2D eigenvalue weighted by Crippen LogP contribution is 2.26. The average molecular weight is 468 g/mol. The Balaban J connectivity index is 1.92. The van der Waals surface area contributed by atoms with Gasteiger partial charge in [-0.2, -0.15) is 4.31 Å². The minimum atomic E-state index is -4.14. The van der Waals surface area contributed by atoms with Crippen molar-refractivity contribution >= 4 is 21.6 Å². The molecule has 0 spiro atoms. The predicted octanol–water partition coefficient (Wildman–Crippen LogP) is 5.15. The molecule has 33 heavy (non-hydrogen) atoms. The summed E-state index contributed by atoms with van der Waals surface area (Å²) in [6.45, 7) is 3.54. The van der Waals surface area contributed by atoms with Crippen molar-refractivity contribution in [3.05, 3.63) is 83.9 Å². The summed E-state index contributed by atoms with van der Waals surface area (Å²) in [4.78, 5) is 13.2. The number of ether oxygens (including phenoxy) is 2. The summed E-state index contributed by atoms with van der Waals surface area (Å²) < 4.78 is 38.6. The van der Waals surface area contributed by atoms with Crippen LogP contribution in [0.3, 0.4) is 0 Å². The minimum Gasteiger partial charge on any atom is -0.497 e. The van der Waals surface area contributed by atoms with Gasteiger partial charge in [-0.1, -0.05) is 49.2 Å². The first-order valence-electron chi connectivity index (χ1n) is 10.9. The van der Waals surface area contributed by atoms with E-state index >= 15 is 0 Å². The van der Waals surface area contributed by atoms with Crippen LogP contribution in [0.15, 0.2) is 77.7 Å².